The van der Waals surface area contributed by atoms with Gasteiger partial charge in [0.15, 0.2) is 12.1 Å². The molecule has 7 heteroatoms. The van der Waals surface area contributed by atoms with Gasteiger partial charge in [-0.05, 0) is 24.3 Å². The van der Waals surface area contributed by atoms with Crippen LogP contribution in [0.4, 0.5) is 5.95 Å². The highest BCUT2D eigenvalue weighted by Crippen LogP contribution is 2.36. The minimum atomic E-state index is -0.226. The predicted octanol–water partition coefficient (Wildman–Crippen LogP) is 3.04. The molecule has 20 heavy (non-hydrogen) atoms. The second-order valence-electron chi connectivity index (χ2n) is 4.45. The number of anilines is 1. The molecule has 1 aliphatic rings. The van der Waals surface area contributed by atoms with E-state index >= 15 is 0 Å². The molecule has 0 unspecified atom stereocenters. The van der Waals surface area contributed by atoms with Crippen LogP contribution in [-0.2, 0) is 0 Å². The van der Waals surface area contributed by atoms with Gasteiger partial charge >= 0.3 is 0 Å². The molecule has 0 amide bonds. The molecule has 0 saturated carbocycles. The summed E-state index contributed by atoms with van der Waals surface area (Å²) in [5.41, 5.74) is 7.79. The summed E-state index contributed by atoms with van der Waals surface area (Å²) in [5.74, 6) is 1.07. The van der Waals surface area contributed by atoms with E-state index in [9.17, 15) is 0 Å². The first-order valence-electron chi connectivity index (χ1n) is 6.05. The van der Waals surface area contributed by atoms with Crippen molar-refractivity contribution in [2.75, 3.05) is 5.32 Å². The molecule has 1 atom stereocenters. The van der Waals surface area contributed by atoms with E-state index in [2.05, 4.69) is 15.3 Å². The Kier molecular flexibility index (Phi) is 2.48. The van der Waals surface area contributed by atoms with E-state index in [1.54, 1.807) is 0 Å². The van der Waals surface area contributed by atoms with Crippen molar-refractivity contribution in [3.05, 3.63) is 45.6 Å². The number of rotatable bonds is 1. The molecule has 5 nitrogen and oxygen atoms in total. The second-order valence-corrected chi connectivity index (χ2v) is 6.20. The van der Waals surface area contributed by atoms with Crippen LogP contribution < -0.4 is 11.1 Å². The largest absolute Gasteiger partial charge is 0.370 e. The van der Waals surface area contributed by atoms with Crippen molar-refractivity contribution in [3.63, 3.8) is 0 Å². The lowest BCUT2D eigenvalue weighted by Crippen LogP contribution is -2.31. The van der Waals surface area contributed by atoms with Gasteiger partial charge in [-0.15, -0.1) is 11.3 Å². The van der Waals surface area contributed by atoms with E-state index in [0.29, 0.717) is 11.9 Å². The van der Waals surface area contributed by atoms with E-state index in [4.69, 9.17) is 17.3 Å². The molecule has 4 rings (SSSR count). The number of hydrogen-bond donors (Lipinski definition) is 2. The first-order valence-corrected chi connectivity index (χ1v) is 7.24. The predicted molar refractivity (Wildman–Crippen MR) is 82.4 cm³/mol. The topological polar surface area (TPSA) is 68.2 Å². The lowest BCUT2D eigenvalue weighted by Gasteiger charge is -2.22. The zero-order valence-corrected chi connectivity index (χ0v) is 11.8. The molecule has 0 radical (unpaired) electrons. The third-order valence-corrected chi connectivity index (χ3v) is 4.46. The Bertz CT molecular complexity index is 834. The van der Waals surface area contributed by atoms with Crippen LogP contribution in [0.3, 0.4) is 0 Å². The number of nitrogens with one attached hydrogen (secondary N) is 1. The van der Waals surface area contributed by atoms with Crippen molar-refractivity contribution < 1.29 is 0 Å². The van der Waals surface area contributed by atoms with E-state index < -0.39 is 0 Å². The van der Waals surface area contributed by atoms with E-state index in [0.717, 1.165) is 20.2 Å². The zero-order valence-electron chi connectivity index (χ0n) is 10.2. The monoisotopic (exact) mass is 303 g/mol. The number of para-hydroxylation sites is 2. The van der Waals surface area contributed by atoms with Crippen molar-refractivity contribution in [3.8, 4) is 0 Å². The summed E-state index contributed by atoms with van der Waals surface area (Å²) in [4.78, 5) is 10.1. The molecule has 0 bridgehead atoms. The van der Waals surface area contributed by atoms with Crippen molar-refractivity contribution in [1.29, 1.82) is 0 Å². The molecule has 1 aliphatic heterocycles. The summed E-state index contributed by atoms with van der Waals surface area (Å²) in [6.07, 6.45) is -0.226. The van der Waals surface area contributed by atoms with Crippen molar-refractivity contribution >= 4 is 45.9 Å². The van der Waals surface area contributed by atoms with E-state index in [1.165, 1.54) is 11.3 Å². The maximum atomic E-state index is 6.03. The summed E-state index contributed by atoms with van der Waals surface area (Å²) in [6, 6.07) is 11.8. The number of benzene rings is 1. The van der Waals surface area contributed by atoms with Crippen LogP contribution in [0.2, 0.25) is 4.34 Å². The molecule has 3 N–H and O–H groups in total. The highest BCUT2D eigenvalue weighted by Gasteiger charge is 2.25. The van der Waals surface area contributed by atoms with E-state index in [-0.39, 0.29) is 6.17 Å². The minimum Gasteiger partial charge on any atom is -0.370 e. The number of guanidine groups is 1. The number of halogens is 1. The highest BCUT2D eigenvalue weighted by molar-refractivity contribution is 7.16. The number of nitrogens with two attached hydrogens (primary N) is 1. The van der Waals surface area contributed by atoms with Gasteiger partial charge in [0.05, 0.1) is 20.2 Å². The Morgan fingerprint density at radius 2 is 2.10 bits per heavy atom. The summed E-state index contributed by atoms with van der Waals surface area (Å²) in [6.45, 7) is 0. The van der Waals surface area contributed by atoms with Gasteiger partial charge < -0.3 is 5.73 Å². The average molecular weight is 304 g/mol. The van der Waals surface area contributed by atoms with Gasteiger partial charge in [-0.25, -0.2) is 9.98 Å². The Hall–Kier alpha value is -2.05. The molecule has 3 heterocycles. The summed E-state index contributed by atoms with van der Waals surface area (Å²) >= 11 is 7.53. The fraction of sp³-hybridized carbons (Fsp3) is 0.0769. The Morgan fingerprint density at radius 1 is 1.25 bits per heavy atom. The Balaban J connectivity index is 1.98. The average Bonchev–Trinajstić information content (AvgIpc) is 3.00. The first-order chi connectivity index (χ1) is 9.72. The summed E-state index contributed by atoms with van der Waals surface area (Å²) in [5, 5.41) is 3.01. The number of imidazole rings is 1. The number of aromatic nitrogens is 2. The maximum absolute atomic E-state index is 6.03. The fourth-order valence-electron chi connectivity index (χ4n) is 2.37. The minimum absolute atomic E-state index is 0.226. The quantitative estimate of drug-likeness (QED) is 0.726. The molecule has 100 valence electrons. The third kappa shape index (κ3) is 1.69. The summed E-state index contributed by atoms with van der Waals surface area (Å²) in [7, 11) is 0. The van der Waals surface area contributed by atoms with Crippen LogP contribution >= 0.6 is 22.9 Å². The van der Waals surface area contributed by atoms with Gasteiger partial charge in [0, 0.05) is 0 Å². The van der Waals surface area contributed by atoms with Crippen molar-refractivity contribution in [1.82, 2.24) is 9.55 Å². The molecule has 0 aliphatic carbocycles. The Morgan fingerprint density at radius 3 is 2.90 bits per heavy atom. The highest BCUT2D eigenvalue weighted by atomic mass is 35.5. The molecule has 2 aromatic heterocycles. The maximum Gasteiger partial charge on any atom is 0.212 e. The lowest BCUT2D eigenvalue weighted by molar-refractivity contribution is 0.637. The normalized spacial score (nSPS) is 17.6. The van der Waals surface area contributed by atoms with Gasteiger partial charge in [0.25, 0.3) is 0 Å². The Labute approximate surface area is 123 Å². The summed E-state index contributed by atoms with van der Waals surface area (Å²) < 4.78 is 2.77. The number of nitrogens with zero attached hydrogens (tertiary/aromatic N) is 3. The van der Waals surface area contributed by atoms with Gasteiger partial charge in [-0.2, -0.15) is 0 Å². The number of thiophene rings is 1. The first kappa shape index (κ1) is 11.7. The van der Waals surface area contributed by atoms with E-state index in [1.807, 2.05) is 41.0 Å². The molecule has 0 fully saturated rings. The number of fused-ring (bicyclic) bond motifs is 3. The zero-order chi connectivity index (χ0) is 13.7. The fourth-order valence-corrected chi connectivity index (χ4v) is 3.47. The third-order valence-electron chi connectivity index (χ3n) is 3.19. The van der Waals surface area contributed by atoms with Crippen LogP contribution in [0.5, 0.6) is 0 Å². The van der Waals surface area contributed by atoms with Crippen molar-refractivity contribution in [2.45, 2.75) is 6.17 Å². The SMILES string of the molecule is NC1=N[C@H](c2ccc(Cl)s2)n2c(nc3ccccc32)N1. The van der Waals surface area contributed by atoms with Crippen molar-refractivity contribution in [2.24, 2.45) is 10.7 Å². The van der Waals surface area contributed by atoms with Gasteiger partial charge in [-0.1, -0.05) is 23.7 Å². The van der Waals surface area contributed by atoms with Crippen LogP contribution in [0.25, 0.3) is 11.0 Å². The molecular weight excluding hydrogens is 294 g/mol. The number of aliphatic imine (C=N–C) groups is 1. The lowest BCUT2D eigenvalue weighted by atomic mass is 10.3. The molecular formula is C13H10ClN5S. The molecule has 1 aromatic carbocycles. The van der Waals surface area contributed by atoms with Crippen LogP contribution in [-0.4, -0.2) is 15.5 Å². The molecule has 0 saturated heterocycles. The smallest absolute Gasteiger partial charge is 0.212 e. The molecule has 0 spiro atoms. The van der Waals surface area contributed by atoms with Crippen LogP contribution in [0.15, 0.2) is 41.4 Å². The van der Waals surface area contributed by atoms with Crippen LogP contribution in [0, 0.1) is 0 Å². The van der Waals surface area contributed by atoms with Crippen LogP contribution in [0.1, 0.15) is 11.0 Å². The number of hydrogen-bond acceptors (Lipinski definition) is 5. The standard InChI is InChI=1S/C13H10ClN5S/c14-10-6-5-9(20-10)11-17-12(15)18-13-16-7-3-1-2-4-8(7)19(11)13/h1-6,11H,(H3,15,16,17,18)/t11-/m0/s1. The van der Waals surface area contributed by atoms with Gasteiger partial charge in [-0.3, -0.25) is 9.88 Å². The van der Waals surface area contributed by atoms with Gasteiger partial charge in [0.2, 0.25) is 5.95 Å². The molecule has 3 aromatic rings. The second kappa shape index (κ2) is 4.22. The van der Waals surface area contributed by atoms with Gasteiger partial charge in [0.1, 0.15) is 0 Å².